The summed E-state index contributed by atoms with van der Waals surface area (Å²) in [5.74, 6) is 0.281. The second-order valence-electron chi connectivity index (χ2n) is 10.1. The number of esters is 1. The van der Waals surface area contributed by atoms with Gasteiger partial charge in [0.2, 0.25) is 0 Å². The Balaban J connectivity index is 1.73. The van der Waals surface area contributed by atoms with Gasteiger partial charge in [0.15, 0.2) is 0 Å². The van der Waals surface area contributed by atoms with Crippen molar-refractivity contribution >= 4 is 23.2 Å². The first-order valence-electron chi connectivity index (χ1n) is 12.4. The Bertz CT molecular complexity index is 1180. The van der Waals surface area contributed by atoms with E-state index in [0.717, 1.165) is 17.0 Å². The molecule has 0 spiro atoms. The quantitative estimate of drug-likeness (QED) is 0.312. The van der Waals surface area contributed by atoms with Crippen LogP contribution in [0.15, 0.2) is 48.5 Å². The van der Waals surface area contributed by atoms with Gasteiger partial charge in [-0.2, -0.15) is 0 Å². The number of benzene rings is 2. The van der Waals surface area contributed by atoms with Crippen LogP contribution in [0.1, 0.15) is 77.9 Å². The number of hydrogen-bond acceptors (Lipinski definition) is 5. The lowest BCUT2D eigenvalue weighted by atomic mass is 9.85. The van der Waals surface area contributed by atoms with Crippen molar-refractivity contribution in [1.82, 2.24) is 5.32 Å². The molecule has 0 saturated heterocycles. The molecule has 0 radical (unpaired) electrons. The summed E-state index contributed by atoms with van der Waals surface area (Å²) in [5, 5.41) is 2.76. The molecule has 1 unspecified atom stereocenters. The number of aryl methyl sites for hydroxylation is 2. The fourth-order valence-electron chi connectivity index (χ4n) is 4.21. The zero-order valence-corrected chi connectivity index (χ0v) is 23.2. The van der Waals surface area contributed by atoms with E-state index in [4.69, 9.17) is 4.74 Å². The van der Waals surface area contributed by atoms with Crippen LogP contribution < -0.4 is 10.1 Å². The van der Waals surface area contributed by atoms with Crippen LogP contribution in [0.2, 0.25) is 0 Å². The fraction of sp³-hybridized carbons (Fsp3) is 0.400. The third-order valence-electron chi connectivity index (χ3n) is 6.21. The molecule has 1 amide bonds. The summed E-state index contributed by atoms with van der Waals surface area (Å²) in [7, 11) is 1.33. The molecule has 1 N–H and O–H groups in total. The lowest BCUT2D eigenvalue weighted by Crippen LogP contribution is -2.25. The van der Waals surface area contributed by atoms with Gasteiger partial charge in [-0.15, -0.1) is 11.3 Å². The van der Waals surface area contributed by atoms with Crippen LogP contribution in [-0.2, 0) is 14.9 Å². The maximum Gasteiger partial charge on any atom is 0.307 e. The molecular weight excluding hydrogens is 470 g/mol. The van der Waals surface area contributed by atoms with E-state index in [2.05, 4.69) is 88.0 Å². The van der Waals surface area contributed by atoms with Gasteiger partial charge < -0.3 is 14.8 Å². The predicted octanol–water partition coefficient (Wildman–Crippen LogP) is 7.15. The Labute approximate surface area is 218 Å². The summed E-state index contributed by atoms with van der Waals surface area (Å²) in [4.78, 5) is 25.3. The number of carbonyl (C=O) groups is 2. The highest BCUT2D eigenvalue weighted by Gasteiger charge is 2.19. The molecule has 6 heteroatoms. The van der Waals surface area contributed by atoms with E-state index in [9.17, 15) is 9.59 Å². The number of carbonyl (C=O) groups excluding carboxylic acids is 2. The molecule has 1 heterocycles. The topological polar surface area (TPSA) is 64.6 Å². The molecule has 5 nitrogen and oxygen atoms in total. The second-order valence-corrected chi connectivity index (χ2v) is 11.2. The summed E-state index contributed by atoms with van der Waals surface area (Å²) in [6.45, 7) is 13.2. The largest absolute Gasteiger partial charge is 0.485 e. The van der Waals surface area contributed by atoms with Gasteiger partial charge in [-0.25, -0.2) is 0 Å². The molecule has 192 valence electrons. The van der Waals surface area contributed by atoms with Crippen LogP contribution in [0, 0.1) is 13.8 Å². The highest BCUT2D eigenvalue weighted by Crippen LogP contribution is 2.36. The third kappa shape index (κ3) is 6.76. The third-order valence-corrected chi connectivity index (χ3v) is 7.38. The van der Waals surface area contributed by atoms with Crippen molar-refractivity contribution in [2.24, 2.45) is 0 Å². The first-order chi connectivity index (χ1) is 17.0. The molecule has 0 aliphatic heterocycles. The van der Waals surface area contributed by atoms with E-state index in [0.29, 0.717) is 4.88 Å². The summed E-state index contributed by atoms with van der Waals surface area (Å²) in [6.07, 6.45) is 0.775. The maximum absolute atomic E-state index is 12.4. The maximum atomic E-state index is 12.4. The lowest BCUT2D eigenvalue weighted by Gasteiger charge is -2.21. The molecule has 3 aromatic rings. The zero-order valence-electron chi connectivity index (χ0n) is 22.4. The SMILES string of the molecule is CCC(Oc1cc(C)c(-c2ccc(C(C)(C)C)cc2)c(C)c1)c1ccc(C(=O)NCCC(=O)OC)s1. The molecule has 0 aliphatic rings. The Morgan fingerprint density at radius 2 is 1.64 bits per heavy atom. The number of hydrogen-bond donors (Lipinski definition) is 1. The minimum absolute atomic E-state index is 0.126. The van der Waals surface area contributed by atoms with Gasteiger partial charge in [0.1, 0.15) is 11.9 Å². The van der Waals surface area contributed by atoms with E-state index >= 15 is 0 Å². The molecule has 2 aromatic carbocycles. The molecule has 1 atom stereocenters. The van der Waals surface area contributed by atoms with Gasteiger partial charge in [0.25, 0.3) is 5.91 Å². The number of thiophene rings is 1. The van der Waals surface area contributed by atoms with Gasteiger partial charge in [-0.3, -0.25) is 9.59 Å². The average molecular weight is 508 g/mol. The van der Waals surface area contributed by atoms with Gasteiger partial charge in [-0.1, -0.05) is 52.0 Å². The zero-order chi connectivity index (χ0) is 26.5. The van der Waals surface area contributed by atoms with E-state index in [-0.39, 0.29) is 36.4 Å². The van der Waals surface area contributed by atoms with Crippen molar-refractivity contribution in [3.63, 3.8) is 0 Å². The fourth-order valence-corrected chi connectivity index (χ4v) is 5.24. The molecule has 0 saturated carbocycles. The van der Waals surface area contributed by atoms with Crippen molar-refractivity contribution < 1.29 is 19.1 Å². The van der Waals surface area contributed by atoms with Crippen molar-refractivity contribution in [3.05, 3.63) is 75.0 Å². The van der Waals surface area contributed by atoms with Crippen LogP contribution in [0.25, 0.3) is 11.1 Å². The molecule has 1 aromatic heterocycles. The summed E-state index contributed by atoms with van der Waals surface area (Å²) >= 11 is 1.42. The summed E-state index contributed by atoms with van der Waals surface area (Å²) in [6, 6.07) is 16.8. The van der Waals surface area contributed by atoms with Crippen molar-refractivity contribution in [2.45, 2.75) is 65.9 Å². The first-order valence-corrected chi connectivity index (χ1v) is 13.2. The first kappa shape index (κ1) is 27.5. The number of rotatable bonds is 9. The number of amides is 1. The molecular formula is C30H37NO4S. The standard InChI is InChI=1S/C30H37NO4S/c1-8-24(25-13-14-26(36-25)29(33)31-16-15-27(32)34-7)35-23-17-19(2)28(20(3)18-23)21-9-11-22(12-10-21)30(4,5)6/h9-14,17-18,24H,8,15-16H2,1-7H3,(H,31,33). The van der Waals surface area contributed by atoms with Crippen LogP contribution in [0.4, 0.5) is 0 Å². The van der Waals surface area contributed by atoms with Crippen LogP contribution in [-0.4, -0.2) is 25.5 Å². The molecule has 36 heavy (non-hydrogen) atoms. The van der Waals surface area contributed by atoms with Crippen molar-refractivity contribution in [1.29, 1.82) is 0 Å². The summed E-state index contributed by atoms with van der Waals surface area (Å²) < 4.78 is 11.0. The van der Waals surface area contributed by atoms with E-state index in [1.807, 2.05) is 6.07 Å². The summed E-state index contributed by atoms with van der Waals surface area (Å²) in [5.41, 5.74) is 6.22. The van der Waals surface area contributed by atoms with Gasteiger partial charge in [0.05, 0.1) is 18.4 Å². The van der Waals surface area contributed by atoms with Gasteiger partial charge >= 0.3 is 5.97 Å². The Kier molecular flexibility index (Phi) is 8.96. The average Bonchev–Trinajstić information content (AvgIpc) is 3.32. The van der Waals surface area contributed by atoms with Crippen molar-refractivity contribution in [3.8, 4) is 16.9 Å². The van der Waals surface area contributed by atoms with Crippen LogP contribution in [0.3, 0.4) is 0 Å². The predicted molar refractivity (Wildman–Crippen MR) is 147 cm³/mol. The Morgan fingerprint density at radius 1 is 1.00 bits per heavy atom. The Morgan fingerprint density at radius 3 is 2.19 bits per heavy atom. The molecule has 0 bridgehead atoms. The van der Waals surface area contributed by atoms with Gasteiger partial charge in [-0.05, 0) is 77.8 Å². The minimum atomic E-state index is -0.347. The van der Waals surface area contributed by atoms with Gasteiger partial charge in [0, 0.05) is 11.4 Å². The lowest BCUT2D eigenvalue weighted by molar-refractivity contribution is -0.140. The number of nitrogens with one attached hydrogen (secondary N) is 1. The van der Waals surface area contributed by atoms with E-state index in [1.165, 1.54) is 46.3 Å². The molecule has 0 fully saturated rings. The monoisotopic (exact) mass is 507 g/mol. The highest BCUT2D eigenvalue weighted by molar-refractivity contribution is 7.14. The second kappa shape index (κ2) is 11.7. The Hall–Kier alpha value is -3.12. The smallest absolute Gasteiger partial charge is 0.307 e. The van der Waals surface area contributed by atoms with E-state index < -0.39 is 0 Å². The van der Waals surface area contributed by atoms with Crippen molar-refractivity contribution in [2.75, 3.05) is 13.7 Å². The normalized spacial score (nSPS) is 12.2. The van der Waals surface area contributed by atoms with Crippen LogP contribution >= 0.6 is 11.3 Å². The van der Waals surface area contributed by atoms with E-state index in [1.54, 1.807) is 6.07 Å². The van der Waals surface area contributed by atoms with Crippen LogP contribution in [0.5, 0.6) is 5.75 Å². The molecule has 0 aliphatic carbocycles. The number of methoxy groups -OCH3 is 1. The minimum Gasteiger partial charge on any atom is -0.485 e. The highest BCUT2D eigenvalue weighted by atomic mass is 32.1. The molecule has 3 rings (SSSR count). The number of ether oxygens (including phenoxy) is 2.